The number of halogens is 1. The first-order valence-electron chi connectivity index (χ1n) is 4.76. The summed E-state index contributed by atoms with van der Waals surface area (Å²) in [5, 5.41) is 1.94. The molecule has 0 unspecified atom stereocenters. The topological polar surface area (TPSA) is 17.1 Å². The Balaban J connectivity index is 2.36. The van der Waals surface area contributed by atoms with Crippen LogP contribution in [-0.2, 0) is 4.79 Å². The molecule has 0 saturated heterocycles. The third-order valence-corrected chi connectivity index (χ3v) is 2.96. The van der Waals surface area contributed by atoms with E-state index in [0.29, 0.717) is 5.57 Å². The van der Waals surface area contributed by atoms with Gasteiger partial charge in [0.15, 0.2) is 6.29 Å². The average molecular weight is 232 g/mol. The van der Waals surface area contributed by atoms with Gasteiger partial charge < -0.3 is 0 Å². The zero-order valence-electron chi connectivity index (χ0n) is 8.39. The fourth-order valence-electron chi connectivity index (χ4n) is 1.35. The number of hydrogen-bond donors (Lipinski definition) is 0. The summed E-state index contributed by atoms with van der Waals surface area (Å²) in [5.74, 6) is -0.301. The van der Waals surface area contributed by atoms with Crippen LogP contribution in [-0.4, -0.2) is 6.29 Å². The summed E-state index contributed by atoms with van der Waals surface area (Å²) >= 11 is 1.56. The Kier molecular flexibility index (Phi) is 3.27. The highest BCUT2D eigenvalue weighted by atomic mass is 32.1. The molecule has 0 N–H and O–H groups in total. The minimum atomic E-state index is -0.301. The van der Waals surface area contributed by atoms with Crippen molar-refractivity contribution >= 4 is 29.3 Å². The average Bonchev–Trinajstić information content (AvgIpc) is 2.80. The first-order valence-corrected chi connectivity index (χ1v) is 5.64. The number of allylic oxidation sites excluding steroid dienone is 1. The normalized spacial score (nSPS) is 11.4. The molecule has 0 radical (unpaired) electrons. The van der Waals surface area contributed by atoms with E-state index in [1.165, 1.54) is 12.1 Å². The third-order valence-electron chi connectivity index (χ3n) is 2.15. The second-order valence-corrected chi connectivity index (χ2v) is 4.22. The van der Waals surface area contributed by atoms with E-state index in [2.05, 4.69) is 0 Å². The molecule has 0 spiro atoms. The summed E-state index contributed by atoms with van der Waals surface area (Å²) in [4.78, 5) is 12.0. The Hall–Kier alpha value is -1.74. The quantitative estimate of drug-likeness (QED) is 0.583. The molecule has 0 bridgehead atoms. The van der Waals surface area contributed by atoms with Crippen LogP contribution in [0.15, 0.2) is 41.8 Å². The van der Waals surface area contributed by atoms with Crippen LogP contribution in [0.25, 0.3) is 11.6 Å². The van der Waals surface area contributed by atoms with Crippen molar-refractivity contribution in [2.45, 2.75) is 0 Å². The van der Waals surface area contributed by atoms with Crippen LogP contribution in [0, 0.1) is 5.82 Å². The van der Waals surface area contributed by atoms with Gasteiger partial charge in [0.05, 0.1) is 0 Å². The van der Waals surface area contributed by atoms with Gasteiger partial charge in [0.2, 0.25) is 0 Å². The number of aldehydes is 1. The summed E-state index contributed by atoms with van der Waals surface area (Å²) in [6, 6.07) is 9.75. The molecule has 1 heterocycles. The van der Waals surface area contributed by atoms with Gasteiger partial charge in [-0.25, -0.2) is 4.39 Å². The van der Waals surface area contributed by atoms with Gasteiger partial charge in [-0.3, -0.25) is 4.79 Å². The van der Waals surface area contributed by atoms with Crippen molar-refractivity contribution in [3.63, 3.8) is 0 Å². The number of benzene rings is 1. The smallest absolute Gasteiger partial charge is 0.150 e. The molecule has 2 rings (SSSR count). The van der Waals surface area contributed by atoms with E-state index in [1.807, 2.05) is 17.5 Å². The molecule has 80 valence electrons. The minimum absolute atomic E-state index is 0.301. The summed E-state index contributed by atoms with van der Waals surface area (Å²) in [7, 11) is 0. The monoisotopic (exact) mass is 232 g/mol. The van der Waals surface area contributed by atoms with Crippen LogP contribution in [0.4, 0.5) is 4.39 Å². The second-order valence-electron chi connectivity index (χ2n) is 3.24. The van der Waals surface area contributed by atoms with E-state index in [0.717, 1.165) is 16.7 Å². The van der Waals surface area contributed by atoms with E-state index in [4.69, 9.17) is 0 Å². The number of thiophene rings is 1. The Morgan fingerprint density at radius 2 is 1.94 bits per heavy atom. The molecule has 0 fully saturated rings. The summed E-state index contributed by atoms with van der Waals surface area (Å²) in [6.45, 7) is 0. The van der Waals surface area contributed by atoms with Gasteiger partial charge >= 0.3 is 0 Å². The molecule has 0 atom stereocenters. The third kappa shape index (κ3) is 2.44. The van der Waals surface area contributed by atoms with Crippen LogP contribution >= 0.6 is 11.3 Å². The summed E-state index contributed by atoms with van der Waals surface area (Å²) in [5.41, 5.74) is 1.28. The van der Waals surface area contributed by atoms with E-state index in [1.54, 1.807) is 29.5 Å². The van der Waals surface area contributed by atoms with Crippen molar-refractivity contribution < 1.29 is 9.18 Å². The van der Waals surface area contributed by atoms with E-state index in [-0.39, 0.29) is 5.82 Å². The molecule has 0 aliphatic heterocycles. The number of hydrogen-bond acceptors (Lipinski definition) is 2. The van der Waals surface area contributed by atoms with Crippen LogP contribution in [0.2, 0.25) is 0 Å². The molecule has 1 aromatic heterocycles. The van der Waals surface area contributed by atoms with Crippen molar-refractivity contribution in [1.29, 1.82) is 0 Å². The minimum Gasteiger partial charge on any atom is -0.298 e. The fraction of sp³-hybridized carbons (Fsp3) is 0. The number of carbonyl (C=O) groups is 1. The second kappa shape index (κ2) is 4.86. The molecular formula is C13H9FOS. The van der Waals surface area contributed by atoms with E-state index >= 15 is 0 Å². The largest absolute Gasteiger partial charge is 0.298 e. The van der Waals surface area contributed by atoms with Crippen molar-refractivity contribution in [1.82, 2.24) is 0 Å². The Labute approximate surface area is 96.9 Å². The van der Waals surface area contributed by atoms with Crippen molar-refractivity contribution in [2.24, 2.45) is 0 Å². The molecule has 0 saturated carbocycles. The Morgan fingerprint density at radius 1 is 1.19 bits per heavy atom. The zero-order chi connectivity index (χ0) is 11.4. The van der Waals surface area contributed by atoms with E-state index in [9.17, 15) is 9.18 Å². The zero-order valence-corrected chi connectivity index (χ0v) is 9.21. The predicted octanol–water partition coefficient (Wildman–Crippen LogP) is 3.63. The standard InChI is InChI=1S/C13H9FOS/c14-12-5-3-10(4-6-12)11(9-15)8-13-2-1-7-16-13/h1-9H. The van der Waals surface area contributed by atoms with Crippen LogP contribution in [0.1, 0.15) is 10.4 Å². The lowest BCUT2D eigenvalue weighted by molar-refractivity contribution is -0.103. The van der Waals surface area contributed by atoms with Gasteiger partial charge in [0.25, 0.3) is 0 Å². The van der Waals surface area contributed by atoms with Crippen molar-refractivity contribution in [2.75, 3.05) is 0 Å². The number of carbonyl (C=O) groups excluding carboxylic acids is 1. The van der Waals surface area contributed by atoms with Gasteiger partial charge in [-0.05, 0) is 35.2 Å². The molecule has 0 aliphatic carbocycles. The molecule has 3 heteroatoms. The predicted molar refractivity (Wildman–Crippen MR) is 64.7 cm³/mol. The lowest BCUT2D eigenvalue weighted by atomic mass is 10.1. The van der Waals surface area contributed by atoms with Gasteiger partial charge in [-0.2, -0.15) is 0 Å². The molecule has 1 nitrogen and oxygen atoms in total. The Bertz CT molecular complexity index is 497. The first kappa shape index (κ1) is 10.8. The Morgan fingerprint density at radius 3 is 2.50 bits per heavy atom. The highest BCUT2D eigenvalue weighted by molar-refractivity contribution is 7.10. The van der Waals surface area contributed by atoms with Gasteiger partial charge in [0.1, 0.15) is 5.82 Å². The van der Waals surface area contributed by atoms with Crippen LogP contribution in [0.5, 0.6) is 0 Å². The maximum atomic E-state index is 12.7. The van der Waals surface area contributed by atoms with Gasteiger partial charge in [-0.1, -0.05) is 18.2 Å². The highest BCUT2D eigenvalue weighted by Gasteiger charge is 2.01. The van der Waals surface area contributed by atoms with E-state index < -0.39 is 0 Å². The van der Waals surface area contributed by atoms with Gasteiger partial charge in [0, 0.05) is 10.5 Å². The fourth-order valence-corrected chi connectivity index (χ4v) is 2.02. The van der Waals surface area contributed by atoms with Gasteiger partial charge in [-0.15, -0.1) is 11.3 Å². The van der Waals surface area contributed by atoms with Crippen LogP contribution < -0.4 is 0 Å². The maximum absolute atomic E-state index is 12.7. The summed E-state index contributed by atoms with van der Waals surface area (Å²) in [6.07, 6.45) is 2.58. The maximum Gasteiger partial charge on any atom is 0.150 e. The highest BCUT2D eigenvalue weighted by Crippen LogP contribution is 2.19. The lowest BCUT2D eigenvalue weighted by Gasteiger charge is -1.99. The molecule has 0 amide bonds. The van der Waals surface area contributed by atoms with Crippen molar-refractivity contribution in [3.05, 3.63) is 58.0 Å². The number of rotatable bonds is 3. The first-order chi connectivity index (χ1) is 7.79. The molecule has 0 aliphatic rings. The lowest BCUT2D eigenvalue weighted by Crippen LogP contribution is -1.85. The summed E-state index contributed by atoms with van der Waals surface area (Å²) < 4.78 is 12.7. The molecular weight excluding hydrogens is 223 g/mol. The molecule has 2 aromatic rings. The van der Waals surface area contributed by atoms with Crippen LogP contribution in [0.3, 0.4) is 0 Å². The SMILES string of the molecule is O=CC(=Cc1cccs1)c1ccc(F)cc1. The molecule has 16 heavy (non-hydrogen) atoms. The van der Waals surface area contributed by atoms with Crippen molar-refractivity contribution in [3.8, 4) is 0 Å². The molecule has 1 aromatic carbocycles.